The highest BCUT2D eigenvalue weighted by Crippen LogP contribution is 2.05. The molecule has 1 aromatic rings. The minimum absolute atomic E-state index is 0.192. The Morgan fingerprint density at radius 2 is 2.18 bits per heavy atom. The van der Waals surface area contributed by atoms with Crippen molar-refractivity contribution in [1.29, 1.82) is 0 Å². The summed E-state index contributed by atoms with van der Waals surface area (Å²) in [4.78, 5) is 9.20. The van der Waals surface area contributed by atoms with Gasteiger partial charge in [-0.05, 0) is 19.5 Å². The second-order valence-electron chi connectivity index (χ2n) is 5.79. The zero-order chi connectivity index (χ0) is 15.8. The van der Waals surface area contributed by atoms with Crippen LogP contribution in [0.4, 0.5) is 0 Å². The molecule has 1 saturated heterocycles. The molecule has 2 rings (SSSR count). The molecule has 1 N–H and O–H groups in total. The van der Waals surface area contributed by atoms with Crippen molar-refractivity contribution < 1.29 is 4.74 Å². The van der Waals surface area contributed by atoms with Crippen LogP contribution in [0.1, 0.15) is 12.5 Å². The number of hydrogen-bond acceptors (Lipinski definition) is 3. The van der Waals surface area contributed by atoms with Crippen LogP contribution in [0, 0.1) is 0 Å². The van der Waals surface area contributed by atoms with Crippen LogP contribution < -0.4 is 5.32 Å². The van der Waals surface area contributed by atoms with Gasteiger partial charge in [-0.3, -0.25) is 4.99 Å². The number of aliphatic imine (C=N–C) groups is 1. The molecule has 1 fully saturated rings. The molecule has 1 unspecified atom stereocenters. The summed E-state index contributed by atoms with van der Waals surface area (Å²) in [6.07, 6.45) is 0.192. The van der Waals surface area contributed by atoms with Gasteiger partial charge in [0.25, 0.3) is 0 Å². The number of rotatable bonds is 5. The fraction of sp³-hybridized carbons (Fsp3) is 0.588. The van der Waals surface area contributed by atoms with Crippen LogP contribution >= 0.6 is 0 Å². The predicted octanol–water partition coefficient (Wildman–Crippen LogP) is 1.41. The highest BCUT2D eigenvalue weighted by atomic mass is 16.5. The lowest BCUT2D eigenvalue weighted by molar-refractivity contribution is -0.0137. The van der Waals surface area contributed by atoms with Crippen LogP contribution in [0.15, 0.2) is 35.3 Å². The Labute approximate surface area is 134 Å². The lowest BCUT2D eigenvalue weighted by Crippen LogP contribution is -2.43. The molecule has 0 amide bonds. The van der Waals surface area contributed by atoms with E-state index in [1.165, 1.54) is 5.56 Å². The zero-order valence-corrected chi connectivity index (χ0v) is 14.0. The predicted molar refractivity (Wildman–Crippen MR) is 91.1 cm³/mol. The van der Waals surface area contributed by atoms with Gasteiger partial charge < -0.3 is 19.9 Å². The van der Waals surface area contributed by atoms with Crippen molar-refractivity contribution in [3.8, 4) is 0 Å². The van der Waals surface area contributed by atoms with Crippen LogP contribution in [0.25, 0.3) is 0 Å². The molecule has 1 heterocycles. The van der Waals surface area contributed by atoms with Gasteiger partial charge in [0.2, 0.25) is 0 Å². The zero-order valence-electron chi connectivity index (χ0n) is 14.0. The van der Waals surface area contributed by atoms with Gasteiger partial charge in [-0.25, -0.2) is 0 Å². The molecule has 0 aromatic heterocycles. The average Bonchev–Trinajstić information content (AvgIpc) is 2.52. The van der Waals surface area contributed by atoms with E-state index in [2.05, 4.69) is 60.4 Å². The number of morpholine rings is 1. The average molecular weight is 304 g/mol. The number of ether oxygens (including phenoxy) is 1. The van der Waals surface area contributed by atoms with Crippen molar-refractivity contribution in [3.63, 3.8) is 0 Å². The largest absolute Gasteiger partial charge is 0.374 e. The van der Waals surface area contributed by atoms with Crippen LogP contribution in [-0.4, -0.2) is 68.7 Å². The fourth-order valence-corrected chi connectivity index (χ4v) is 2.57. The van der Waals surface area contributed by atoms with Gasteiger partial charge in [0.15, 0.2) is 5.96 Å². The van der Waals surface area contributed by atoms with Gasteiger partial charge in [0.05, 0.1) is 19.3 Å². The summed E-state index contributed by atoms with van der Waals surface area (Å²) in [5, 5.41) is 3.36. The van der Waals surface area contributed by atoms with E-state index in [4.69, 9.17) is 9.73 Å². The number of hydrogen-bond donors (Lipinski definition) is 1. The van der Waals surface area contributed by atoms with E-state index in [-0.39, 0.29) is 6.10 Å². The van der Waals surface area contributed by atoms with Gasteiger partial charge >= 0.3 is 0 Å². The number of benzene rings is 1. The van der Waals surface area contributed by atoms with E-state index in [1.54, 1.807) is 0 Å². The third kappa shape index (κ3) is 5.31. The first-order valence-corrected chi connectivity index (χ1v) is 8.02. The molecule has 0 spiro atoms. The maximum Gasteiger partial charge on any atom is 0.194 e. The van der Waals surface area contributed by atoms with Gasteiger partial charge in [0, 0.05) is 33.2 Å². The minimum Gasteiger partial charge on any atom is -0.374 e. The third-order valence-corrected chi connectivity index (χ3v) is 3.75. The summed E-state index contributed by atoms with van der Waals surface area (Å²) in [6, 6.07) is 10.5. The van der Waals surface area contributed by atoms with Crippen molar-refractivity contribution in [2.24, 2.45) is 4.99 Å². The molecular formula is C17H28N4O. The van der Waals surface area contributed by atoms with E-state index in [9.17, 15) is 0 Å². The summed E-state index contributed by atoms with van der Waals surface area (Å²) in [5.41, 5.74) is 1.28. The number of nitrogens with one attached hydrogen (secondary N) is 1. The molecule has 5 nitrogen and oxygen atoms in total. The first kappa shape index (κ1) is 16.8. The first-order chi connectivity index (χ1) is 10.7. The van der Waals surface area contributed by atoms with Crippen LogP contribution in [0.3, 0.4) is 0 Å². The highest BCUT2D eigenvalue weighted by Gasteiger charge is 2.17. The molecule has 0 aliphatic carbocycles. The van der Waals surface area contributed by atoms with Gasteiger partial charge in [0.1, 0.15) is 0 Å². The topological polar surface area (TPSA) is 40.1 Å². The molecule has 5 heteroatoms. The number of likely N-dealkylation sites (N-methyl/N-ethyl adjacent to an activating group) is 1. The lowest BCUT2D eigenvalue weighted by atomic mass is 10.2. The Bertz CT molecular complexity index is 463. The van der Waals surface area contributed by atoms with Crippen molar-refractivity contribution >= 4 is 5.96 Å². The first-order valence-electron chi connectivity index (χ1n) is 8.02. The van der Waals surface area contributed by atoms with Crippen LogP contribution in [0.5, 0.6) is 0 Å². The summed E-state index contributed by atoms with van der Waals surface area (Å²) >= 11 is 0. The second-order valence-corrected chi connectivity index (χ2v) is 5.79. The quantitative estimate of drug-likeness (QED) is 0.660. The molecule has 0 saturated carbocycles. The standard InChI is InChI=1S/C17H28N4O/c1-4-18-17(19-12-16-14-20(2)10-11-22-16)21(3)13-15-8-6-5-7-9-15/h5-9,16H,4,10-14H2,1-3H3,(H,18,19). The van der Waals surface area contributed by atoms with Crippen LogP contribution in [-0.2, 0) is 11.3 Å². The Morgan fingerprint density at radius 3 is 2.86 bits per heavy atom. The van der Waals surface area contributed by atoms with E-state index < -0.39 is 0 Å². The normalized spacial score (nSPS) is 20.0. The molecule has 1 atom stereocenters. The smallest absolute Gasteiger partial charge is 0.194 e. The van der Waals surface area contributed by atoms with E-state index >= 15 is 0 Å². The van der Waals surface area contributed by atoms with E-state index in [0.29, 0.717) is 6.54 Å². The maximum atomic E-state index is 5.78. The van der Waals surface area contributed by atoms with E-state index in [0.717, 1.165) is 38.7 Å². The lowest BCUT2D eigenvalue weighted by Gasteiger charge is -2.29. The molecule has 122 valence electrons. The van der Waals surface area contributed by atoms with Crippen molar-refractivity contribution in [1.82, 2.24) is 15.1 Å². The van der Waals surface area contributed by atoms with Gasteiger partial charge in [-0.15, -0.1) is 0 Å². The summed E-state index contributed by atoms with van der Waals surface area (Å²) in [5.74, 6) is 0.933. The minimum atomic E-state index is 0.192. The van der Waals surface area contributed by atoms with Crippen molar-refractivity contribution in [2.45, 2.75) is 19.6 Å². The number of guanidine groups is 1. The molecular weight excluding hydrogens is 276 g/mol. The van der Waals surface area contributed by atoms with E-state index in [1.807, 2.05) is 6.07 Å². The van der Waals surface area contributed by atoms with Gasteiger partial charge in [-0.2, -0.15) is 0 Å². The summed E-state index contributed by atoms with van der Waals surface area (Å²) < 4.78 is 5.78. The van der Waals surface area contributed by atoms with Crippen LogP contribution in [0.2, 0.25) is 0 Å². The molecule has 1 aliphatic rings. The second kappa shape index (κ2) is 8.76. The maximum absolute atomic E-state index is 5.78. The van der Waals surface area contributed by atoms with Crippen molar-refractivity contribution in [3.05, 3.63) is 35.9 Å². The summed E-state index contributed by atoms with van der Waals surface area (Å²) in [7, 11) is 4.20. The molecule has 1 aromatic carbocycles. The molecule has 0 radical (unpaired) electrons. The SMILES string of the molecule is CCNC(=NCC1CN(C)CCO1)N(C)Cc1ccccc1. The molecule has 1 aliphatic heterocycles. The highest BCUT2D eigenvalue weighted by molar-refractivity contribution is 5.79. The Morgan fingerprint density at radius 1 is 1.41 bits per heavy atom. The monoisotopic (exact) mass is 304 g/mol. The fourth-order valence-electron chi connectivity index (χ4n) is 2.57. The van der Waals surface area contributed by atoms with Crippen molar-refractivity contribution in [2.75, 3.05) is 46.9 Å². The van der Waals surface area contributed by atoms with Gasteiger partial charge in [-0.1, -0.05) is 30.3 Å². The Hall–Kier alpha value is -1.59. The molecule has 0 bridgehead atoms. The third-order valence-electron chi connectivity index (χ3n) is 3.75. The molecule has 22 heavy (non-hydrogen) atoms. The summed E-state index contributed by atoms with van der Waals surface area (Å²) in [6.45, 7) is 7.26. The Kier molecular flexibility index (Phi) is 6.68. The Balaban J connectivity index is 1.93. The number of nitrogens with zero attached hydrogens (tertiary/aromatic N) is 3.